The molecule has 0 fully saturated rings. The SMILES string of the molecule is CNc1cncc2ncccc12. The second kappa shape index (κ2) is 2.77. The van der Waals surface area contributed by atoms with E-state index in [0.29, 0.717) is 0 Å². The number of nitrogens with zero attached hydrogens (tertiary/aromatic N) is 2. The van der Waals surface area contributed by atoms with Crippen molar-refractivity contribution in [3.05, 3.63) is 30.7 Å². The molecule has 2 heterocycles. The van der Waals surface area contributed by atoms with Gasteiger partial charge in [0.05, 0.1) is 23.6 Å². The molecule has 12 heavy (non-hydrogen) atoms. The molecule has 2 rings (SSSR count). The van der Waals surface area contributed by atoms with Gasteiger partial charge in [0, 0.05) is 18.6 Å². The van der Waals surface area contributed by atoms with Crippen molar-refractivity contribution >= 4 is 16.6 Å². The molecule has 0 saturated heterocycles. The van der Waals surface area contributed by atoms with Crippen molar-refractivity contribution in [3.63, 3.8) is 0 Å². The van der Waals surface area contributed by atoms with Crippen LogP contribution in [0.1, 0.15) is 0 Å². The van der Waals surface area contributed by atoms with Crippen LogP contribution >= 0.6 is 0 Å². The van der Waals surface area contributed by atoms with E-state index < -0.39 is 0 Å². The summed E-state index contributed by atoms with van der Waals surface area (Å²) in [5, 5.41) is 4.17. The summed E-state index contributed by atoms with van der Waals surface area (Å²) in [6.45, 7) is 0. The predicted molar refractivity (Wildman–Crippen MR) is 49.1 cm³/mol. The topological polar surface area (TPSA) is 37.8 Å². The lowest BCUT2D eigenvalue weighted by molar-refractivity contribution is 1.30. The highest BCUT2D eigenvalue weighted by Crippen LogP contribution is 2.18. The molecule has 3 heteroatoms. The van der Waals surface area contributed by atoms with Crippen LogP contribution in [-0.2, 0) is 0 Å². The lowest BCUT2D eigenvalue weighted by atomic mass is 10.2. The average molecular weight is 159 g/mol. The van der Waals surface area contributed by atoms with E-state index in [2.05, 4.69) is 15.3 Å². The molecular weight excluding hydrogens is 150 g/mol. The summed E-state index contributed by atoms with van der Waals surface area (Å²) >= 11 is 0. The van der Waals surface area contributed by atoms with Gasteiger partial charge >= 0.3 is 0 Å². The Hall–Kier alpha value is -1.64. The Bertz CT molecular complexity index is 392. The van der Waals surface area contributed by atoms with Gasteiger partial charge in [0.25, 0.3) is 0 Å². The minimum atomic E-state index is 0.921. The summed E-state index contributed by atoms with van der Waals surface area (Å²) in [5.74, 6) is 0. The van der Waals surface area contributed by atoms with E-state index in [4.69, 9.17) is 0 Å². The van der Waals surface area contributed by atoms with Crippen LogP contribution in [0.3, 0.4) is 0 Å². The number of aromatic nitrogens is 2. The normalized spacial score (nSPS) is 10.1. The van der Waals surface area contributed by atoms with Gasteiger partial charge < -0.3 is 5.32 Å². The third-order valence-electron chi connectivity index (χ3n) is 1.80. The monoisotopic (exact) mass is 159 g/mol. The first-order valence-electron chi connectivity index (χ1n) is 3.78. The molecule has 0 aliphatic rings. The zero-order valence-electron chi connectivity index (χ0n) is 6.78. The zero-order valence-corrected chi connectivity index (χ0v) is 6.78. The van der Waals surface area contributed by atoms with Crippen LogP contribution in [-0.4, -0.2) is 17.0 Å². The summed E-state index contributed by atoms with van der Waals surface area (Å²) in [6.07, 6.45) is 5.32. The minimum absolute atomic E-state index is 0.921. The predicted octanol–water partition coefficient (Wildman–Crippen LogP) is 1.67. The number of fused-ring (bicyclic) bond motifs is 1. The molecule has 1 N–H and O–H groups in total. The number of pyridine rings is 2. The van der Waals surface area contributed by atoms with Crippen molar-refractivity contribution in [3.8, 4) is 0 Å². The maximum atomic E-state index is 4.19. The number of rotatable bonds is 1. The van der Waals surface area contributed by atoms with E-state index in [0.717, 1.165) is 16.6 Å². The smallest absolute Gasteiger partial charge is 0.0905 e. The first-order valence-corrected chi connectivity index (χ1v) is 3.78. The fraction of sp³-hybridized carbons (Fsp3) is 0.111. The van der Waals surface area contributed by atoms with Gasteiger partial charge in [0.1, 0.15) is 0 Å². The fourth-order valence-corrected chi connectivity index (χ4v) is 1.20. The molecule has 3 nitrogen and oxygen atoms in total. The summed E-state index contributed by atoms with van der Waals surface area (Å²) in [5.41, 5.74) is 1.94. The van der Waals surface area contributed by atoms with Crippen LogP contribution in [0, 0.1) is 0 Å². The Labute approximate surface area is 70.5 Å². The van der Waals surface area contributed by atoms with Gasteiger partial charge in [-0.15, -0.1) is 0 Å². The third kappa shape index (κ3) is 0.993. The third-order valence-corrected chi connectivity index (χ3v) is 1.80. The summed E-state index contributed by atoms with van der Waals surface area (Å²) in [7, 11) is 1.88. The van der Waals surface area contributed by atoms with Gasteiger partial charge in [0.2, 0.25) is 0 Å². The van der Waals surface area contributed by atoms with Crippen LogP contribution < -0.4 is 5.32 Å². The number of anilines is 1. The minimum Gasteiger partial charge on any atom is -0.386 e. The largest absolute Gasteiger partial charge is 0.386 e. The van der Waals surface area contributed by atoms with Gasteiger partial charge in [-0.3, -0.25) is 9.97 Å². The quantitative estimate of drug-likeness (QED) is 0.687. The van der Waals surface area contributed by atoms with Gasteiger partial charge in [-0.05, 0) is 12.1 Å². The van der Waals surface area contributed by atoms with Crippen LogP contribution in [0.25, 0.3) is 10.9 Å². The molecule has 0 aliphatic heterocycles. The Morgan fingerprint density at radius 1 is 1.33 bits per heavy atom. The molecule has 0 aliphatic carbocycles. The van der Waals surface area contributed by atoms with Crippen molar-refractivity contribution in [2.75, 3.05) is 12.4 Å². The zero-order chi connectivity index (χ0) is 8.39. The molecule has 0 amide bonds. The van der Waals surface area contributed by atoms with Crippen LogP contribution in [0.5, 0.6) is 0 Å². The van der Waals surface area contributed by atoms with Crippen molar-refractivity contribution in [1.82, 2.24) is 9.97 Å². The Morgan fingerprint density at radius 2 is 2.25 bits per heavy atom. The van der Waals surface area contributed by atoms with Crippen LogP contribution in [0.2, 0.25) is 0 Å². The molecule has 0 radical (unpaired) electrons. The van der Waals surface area contributed by atoms with Gasteiger partial charge in [-0.2, -0.15) is 0 Å². The van der Waals surface area contributed by atoms with Gasteiger partial charge in [-0.1, -0.05) is 0 Å². The maximum Gasteiger partial charge on any atom is 0.0905 e. The fourth-order valence-electron chi connectivity index (χ4n) is 1.20. The Morgan fingerprint density at radius 3 is 3.08 bits per heavy atom. The van der Waals surface area contributed by atoms with Crippen LogP contribution in [0.4, 0.5) is 5.69 Å². The first-order chi connectivity index (χ1) is 5.92. The standard InChI is InChI=1S/C9H9N3/c1-10-8-5-11-6-9-7(8)3-2-4-12-9/h2-6,10H,1H3. The molecule has 0 aromatic carbocycles. The summed E-state index contributed by atoms with van der Waals surface area (Å²) in [6, 6.07) is 3.94. The molecule has 2 aromatic rings. The Kier molecular flexibility index (Phi) is 1.63. The van der Waals surface area contributed by atoms with E-state index in [1.165, 1.54) is 0 Å². The molecular formula is C9H9N3. The lowest BCUT2D eigenvalue weighted by Gasteiger charge is -2.02. The van der Waals surface area contributed by atoms with Crippen molar-refractivity contribution in [2.24, 2.45) is 0 Å². The molecule has 0 bridgehead atoms. The highest BCUT2D eigenvalue weighted by Gasteiger charge is 1.97. The summed E-state index contributed by atoms with van der Waals surface area (Å²) < 4.78 is 0. The van der Waals surface area contributed by atoms with E-state index >= 15 is 0 Å². The molecule has 0 saturated carbocycles. The molecule has 0 unspecified atom stereocenters. The molecule has 2 aromatic heterocycles. The van der Waals surface area contributed by atoms with E-state index in [-0.39, 0.29) is 0 Å². The molecule has 0 spiro atoms. The highest BCUT2D eigenvalue weighted by molar-refractivity contribution is 5.89. The lowest BCUT2D eigenvalue weighted by Crippen LogP contribution is -1.91. The van der Waals surface area contributed by atoms with Gasteiger partial charge in [-0.25, -0.2) is 0 Å². The highest BCUT2D eigenvalue weighted by atomic mass is 14.9. The van der Waals surface area contributed by atoms with Crippen molar-refractivity contribution in [2.45, 2.75) is 0 Å². The number of hydrogen-bond acceptors (Lipinski definition) is 3. The second-order valence-corrected chi connectivity index (χ2v) is 2.51. The first kappa shape index (κ1) is 7.03. The summed E-state index contributed by atoms with van der Waals surface area (Å²) in [4.78, 5) is 8.25. The number of hydrogen-bond donors (Lipinski definition) is 1. The van der Waals surface area contributed by atoms with E-state index in [1.807, 2.05) is 19.2 Å². The second-order valence-electron chi connectivity index (χ2n) is 2.51. The maximum absolute atomic E-state index is 4.19. The van der Waals surface area contributed by atoms with E-state index in [9.17, 15) is 0 Å². The van der Waals surface area contributed by atoms with Crippen LogP contribution in [0.15, 0.2) is 30.7 Å². The van der Waals surface area contributed by atoms with Crippen molar-refractivity contribution < 1.29 is 0 Å². The Balaban J connectivity index is 2.79. The average Bonchev–Trinajstić information content (AvgIpc) is 2.17. The van der Waals surface area contributed by atoms with Gasteiger partial charge in [0.15, 0.2) is 0 Å². The van der Waals surface area contributed by atoms with Crippen molar-refractivity contribution in [1.29, 1.82) is 0 Å². The number of nitrogens with one attached hydrogen (secondary N) is 1. The molecule has 0 atom stereocenters. The molecule has 60 valence electrons. The van der Waals surface area contributed by atoms with E-state index in [1.54, 1.807) is 18.6 Å².